The van der Waals surface area contributed by atoms with Gasteiger partial charge in [-0.25, -0.2) is 9.97 Å². The van der Waals surface area contributed by atoms with Gasteiger partial charge in [0, 0.05) is 37.3 Å². The summed E-state index contributed by atoms with van der Waals surface area (Å²) in [5.74, 6) is 2.20. The Morgan fingerprint density at radius 2 is 1.78 bits per heavy atom. The van der Waals surface area contributed by atoms with Crippen LogP contribution in [0.2, 0.25) is 0 Å². The summed E-state index contributed by atoms with van der Waals surface area (Å²) in [5.41, 5.74) is 4.74. The van der Waals surface area contributed by atoms with Gasteiger partial charge in [0.25, 0.3) is 5.56 Å². The van der Waals surface area contributed by atoms with Gasteiger partial charge in [0.2, 0.25) is 5.95 Å². The van der Waals surface area contributed by atoms with E-state index in [1.54, 1.807) is 6.20 Å². The van der Waals surface area contributed by atoms with Gasteiger partial charge in [0.15, 0.2) is 0 Å². The maximum Gasteiger partial charge on any atom is 0.255 e. The number of nitrogens with zero attached hydrogens (tertiary/aromatic N) is 4. The van der Waals surface area contributed by atoms with Crippen molar-refractivity contribution in [3.63, 3.8) is 0 Å². The van der Waals surface area contributed by atoms with E-state index in [9.17, 15) is 4.79 Å². The van der Waals surface area contributed by atoms with Crippen LogP contribution in [0.4, 0.5) is 5.95 Å². The molecular weight excluding hydrogens is 454 g/mol. The van der Waals surface area contributed by atoms with E-state index in [-0.39, 0.29) is 5.56 Å². The lowest BCUT2D eigenvalue weighted by atomic mass is 10.0. The third kappa shape index (κ3) is 7.16. The van der Waals surface area contributed by atoms with Crippen LogP contribution in [0.15, 0.2) is 53.5 Å². The topological polar surface area (TPSA) is 102 Å². The molecule has 0 atom stereocenters. The highest BCUT2D eigenvalue weighted by molar-refractivity contribution is 5.76. The fraction of sp³-hybridized carbons (Fsp3) is 0.370. The van der Waals surface area contributed by atoms with Gasteiger partial charge in [0.1, 0.15) is 11.6 Å². The molecule has 0 bridgehead atoms. The molecule has 2 heterocycles. The molecule has 0 unspecified atom stereocenters. The number of nitrogens with one attached hydrogen (secondary N) is 3. The second kappa shape index (κ2) is 11.8. The molecule has 9 heteroatoms. The van der Waals surface area contributed by atoms with E-state index in [0.717, 1.165) is 47.7 Å². The smallest absolute Gasteiger partial charge is 0.255 e. The Balaban J connectivity index is 1.24. The molecule has 0 radical (unpaired) electrons. The van der Waals surface area contributed by atoms with Crippen molar-refractivity contribution in [2.24, 2.45) is 0 Å². The van der Waals surface area contributed by atoms with E-state index in [0.29, 0.717) is 31.1 Å². The third-order valence-electron chi connectivity index (χ3n) is 5.61. The molecular formula is C27H35N7O2. The van der Waals surface area contributed by atoms with Crippen molar-refractivity contribution in [2.75, 3.05) is 46.7 Å². The molecule has 0 fully saturated rings. The summed E-state index contributed by atoms with van der Waals surface area (Å²) >= 11 is 0. The van der Waals surface area contributed by atoms with Crippen molar-refractivity contribution in [3.05, 3.63) is 81.5 Å². The number of aromatic nitrogens is 4. The number of rotatable bonds is 12. The number of H-pyrrole nitrogens is 2. The number of aromatic amines is 2. The zero-order valence-electron chi connectivity index (χ0n) is 21.5. The van der Waals surface area contributed by atoms with Crippen LogP contribution in [0.5, 0.6) is 5.75 Å². The predicted octanol–water partition coefficient (Wildman–Crippen LogP) is 3.24. The van der Waals surface area contributed by atoms with Crippen molar-refractivity contribution in [1.29, 1.82) is 0 Å². The van der Waals surface area contributed by atoms with E-state index in [1.165, 1.54) is 5.56 Å². The summed E-state index contributed by atoms with van der Waals surface area (Å²) in [4.78, 5) is 31.9. The summed E-state index contributed by atoms with van der Waals surface area (Å²) in [5, 5.41) is 3.17. The number of fused-ring (bicyclic) bond motifs is 1. The van der Waals surface area contributed by atoms with Crippen molar-refractivity contribution >= 4 is 17.0 Å². The molecule has 0 saturated heterocycles. The van der Waals surface area contributed by atoms with Gasteiger partial charge < -0.3 is 24.8 Å². The van der Waals surface area contributed by atoms with Crippen LogP contribution in [0.3, 0.4) is 0 Å². The Kier molecular flexibility index (Phi) is 8.35. The minimum atomic E-state index is -0.122. The van der Waals surface area contributed by atoms with E-state index in [4.69, 9.17) is 4.74 Å². The van der Waals surface area contributed by atoms with Crippen LogP contribution in [0, 0.1) is 0 Å². The summed E-state index contributed by atoms with van der Waals surface area (Å²) < 4.78 is 5.89. The number of imidazole rings is 1. The first-order valence-corrected chi connectivity index (χ1v) is 12.2. The third-order valence-corrected chi connectivity index (χ3v) is 5.61. The fourth-order valence-corrected chi connectivity index (χ4v) is 4.03. The Morgan fingerprint density at radius 1 is 0.972 bits per heavy atom. The van der Waals surface area contributed by atoms with Crippen molar-refractivity contribution < 1.29 is 4.74 Å². The Morgan fingerprint density at radius 3 is 2.56 bits per heavy atom. The molecule has 2 aromatic carbocycles. The highest BCUT2D eigenvalue weighted by atomic mass is 16.5. The van der Waals surface area contributed by atoms with Gasteiger partial charge in [-0.05, 0) is 57.9 Å². The van der Waals surface area contributed by atoms with Gasteiger partial charge in [0.05, 0.1) is 24.2 Å². The lowest BCUT2D eigenvalue weighted by molar-refractivity contribution is 0.315. The van der Waals surface area contributed by atoms with Crippen LogP contribution >= 0.6 is 0 Å². The average Bonchev–Trinajstić information content (AvgIpc) is 3.21. The van der Waals surface area contributed by atoms with E-state index >= 15 is 0 Å². The Bertz CT molecular complexity index is 1340. The van der Waals surface area contributed by atoms with Crippen LogP contribution in [0.1, 0.15) is 28.9 Å². The van der Waals surface area contributed by atoms with Crippen LogP contribution < -0.4 is 15.6 Å². The van der Waals surface area contributed by atoms with Crippen molar-refractivity contribution in [1.82, 2.24) is 29.7 Å². The fourth-order valence-electron chi connectivity index (χ4n) is 4.03. The van der Waals surface area contributed by atoms with E-state index in [2.05, 4.69) is 47.2 Å². The minimum Gasteiger partial charge on any atom is -0.493 e. The first-order chi connectivity index (χ1) is 17.4. The first kappa shape index (κ1) is 25.4. The monoisotopic (exact) mass is 489 g/mol. The van der Waals surface area contributed by atoms with E-state index in [1.807, 2.05) is 58.5 Å². The lowest BCUT2D eigenvalue weighted by Gasteiger charge is -2.11. The summed E-state index contributed by atoms with van der Waals surface area (Å²) in [6.07, 6.45) is 2.96. The molecule has 0 aliphatic heterocycles. The maximum atomic E-state index is 12.6. The largest absolute Gasteiger partial charge is 0.493 e. The zero-order chi connectivity index (χ0) is 25.5. The van der Waals surface area contributed by atoms with Crippen molar-refractivity contribution in [2.45, 2.75) is 25.9 Å². The number of hydrogen-bond donors (Lipinski definition) is 3. The molecule has 0 spiro atoms. The molecule has 0 aliphatic carbocycles. The zero-order valence-corrected chi connectivity index (χ0v) is 21.5. The second-order valence-electron chi connectivity index (χ2n) is 9.55. The minimum absolute atomic E-state index is 0.122. The number of anilines is 1. The predicted molar refractivity (Wildman–Crippen MR) is 144 cm³/mol. The van der Waals surface area contributed by atoms with Crippen LogP contribution in [0.25, 0.3) is 11.0 Å². The van der Waals surface area contributed by atoms with Gasteiger partial charge in [-0.2, -0.15) is 0 Å². The molecule has 0 amide bonds. The average molecular weight is 490 g/mol. The standard InChI is InChI=1S/C27H35N7O2/c1-33(2)17-20-8-5-7-19(13-20)14-21-16-29-27(32-26(21)35)28-11-6-12-36-22-9-10-23-24(15-22)31-25(30-23)18-34(3)4/h5,7-10,13,15-16H,6,11-12,14,17-18H2,1-4H3,(H,30,31)(H2,28,29,32,35). The molecule has 2 aromatic heterocycles. The number of ether oxygens (including phenoxy) is 1. The first-order valence-electron chi connectivity index (χ1n) is 12.2. The summed E-state index contributed by atoms with van der Waals surface area (Å²) in [7, 11) is 8.12. The molecule has 0 saturated carbocycles. The lowest BCUT2D eigenvalue weighted by Crippen LogP contribution is -2.18. The van der Waals surface area contributed by atoms with Gasteiger partial charge >= 0.3 is 0 Å². The molecule has 36 heavy (non-hydrogen) atoms. The maximum absolute atomic E-state index is 12.6. The van der Waals surface area contributed by atoms with E-state index < -0.39 is 0 Å². The quantitative estimate of drug-likeness (QED) is 0.263. The molecule has 0 aliphatic rings. The second-order valence-corrected chi connectivity index (χ2v) is 9.55. The van der Waals surface area contributed by atoms with Crippen LogP contribution in [-0.2, 0) is 19.5 Å². The molecule has 3 N–H and O–H groups in total. The molecule has 190 valence electrons. The summed E-state index contributed by atoms with van der Waals surface area (Å²) in [6, 6.07) is 14.2. The van der Waals surface area contributed by atoms with Crippen LogP contribution in [-0.4, -0.2) is 71.1 Å². The molecule has 4 rings (SSSR count). The van der Waals surface area contributed by atoms with Gasteiger partial charge in [-0.1, -0.05) is 24.3 Å². The van der Waals surface area contributed by atoms with Gasteiger partial charge in [-0.3, -0.25) is 9.78 Å². The SMILES string of the molecule is CN(C)Cc1cccc(Cc2cnc(NCCCOc3ccc4nc(CN(C)C)[nH]c4c3)[nH]c2=O)c1. The molecule has 4 aromatic rings. The highest BCUT2D eigenvalue weighted by Gasteiger charge is 2.07. The Labute approximate surface area is 211 Å². The van der Waals surface area contributed by atoms with Gasteiger partial charge in [-0.15, -0.1) is 0 Å². The summed E-state index contributed by atoms with van der Waals surface area (Å²) in [6.45, 7) is 2.80. The number of benzene rings is 2. The highest BCUT2D eigenvalue weighted by Crippen LogP contribution is 2.19. The molecule has 9 nitrogen and oxygen atoms in total. The number of hydrogen-bond acceptors (Lipinski definition) is 7. The van der Waals surface area contributed by atoms with Crippen molar-refractivity contribution in [3.8, 4) is 5.75 Å². The normalized spacial score (nSPS) is 11.5. The Hall–Kier alpha value is -3.69.